The zero-order valence-corrected chi connectivity index (χ0v) is 36.2. The van der Waals surface area contributed by atoms with E-state index in [-0.39, 0.29) is 59.0 Å². The molecule has 2 saturated heterocycles. The molecule has 4 fully saturated rings. The molecule has 2 aromatic carbocycles. The van der Waals surface area contributed by atoms with E-state index in [0.717, 1.165) is 61.4 Å². The molecular formula is C48H52N8O7. The van der Waals surface area contributed by atoms with Crippen molar-refractivity contribution in [2.24, 2.45) is 16.7 Å². The van der Waals surface area contributed by atoms with Crippen LogP contribution in [-0.4, -0.2) is 106 Å². The van der Waals surface area contributed by atoms with Crippen LogP contribution in [0, 0.1) is 28.1 Å². The van der Waals surface area contributed by atoms with Gasteiger partial charge in [0.05, 0.1) is 27.8 Å². The van der Waals surface area contributed by atoms with Gasteiger partial charge in [-0.15, -0.1) is 0 Å². The third kappa shape index (κ3) is 7.53. The molecule has 3 aliphatic heterocycles. The van der Waals surface area contributed by atoms with Gasteiger partial charge in [0.1, 0.15) is 41.6 Å². The van der Waals surface area contributed by atoms with Gasteiger partial charge in [-0.1, -0.05) is 27.7 Å². The van der Waals surface area contributed by atoms with Crippen LogP contribution in [0.15, 0.2) is 67.0 Å². The van der Waals surface area contributed by atoms with Gasteiger partial charge in [-0.2, -0.15) is 5.26 Å². The van der Waals surface area contributed by atoms with Crippen molar-refractivity contribution in [1.82, 2.24) is 30.4 Å². The number of fused-ring (bicyclic) bond motifs is 2. The molecule has 0 radical (unpaired) electrons. The first-order valence-corrected chi connectivity index (χ1v) is 21.8. The molecule has 0 spiro atoms. The predicted molar refractivity (Wildman–Crippen MR) is 232 cm³/mol. The smallest absolute Gasteiger partial charge is 0.262 e. The Morgan fingerprint density at radius 1 is 0.937 bits per heavy atom. The van der Waals surface area contributed by atoms with Gasteiger partial charge < -0.3 is 24.6 Å². The Labute approximate surface area is 366 Å². The van der Waals surface area contributed by atoms with Crippen molar-refractivity contribution in [2.45, 2.75) is 96.6 Å². The van der Waals surface area contributed by atoms with Crippen molar-refractivity contribution in [3.8, 4) is 17.6 Å². The number of carbonyl (C=O) groups is 5. The van der Waals surface area contributed by atoms with E-state index in [2.05, 4.69) is 66.2 Å². The maximum absolute atomic E-state index is 13.6. The molecule has 15 heteroatoms. The molecule has 2 aromatic heterocycles. The maximum atomic E-state index is 13.6. The summed E-state index contributed by atoms with van der Waals surface area (Å²) in [6.45, 7) is 11.2. The van der Waals surface area contributed by atoms with Crippen molar-refractivity contribution in [3.63, 3.8) is 0 Å². The molecule has 4 aromatic rings. The molecule has 326 valence electrons. The van der Waals surface area contributed by atoms with E-state index in [1.54, 1.807) is 36.7 Å². The maximum Gasteiger partial charge on any atom is 0.262 e. The van der Waals surface area contributed by atoms with Crippen LogP contribution >= 0.6 is 0 Å². The van der Waals surface area contributed by atoms with Crippen LogP contribution in [0.1, 0.15) is 103 Å². The highest BCUT2D eigenvalue weighted by Crippen LogP contribution is 2.56. The zero-order chi connectivity index (χ0) is 44.4. The summed E-state index contributed by atoms with van der Waals surface area (Å²) in [4.78, 5) is 78.7. The Morgan fingerprint density at radius 2 is 1.68 bits per heavy atom. The highest BCUT2D eigenvalue weighted by atomic mass is 16.5. The number of rotatable bonds is 11. The average Bonchev–Trinajstić information content (AvgIpc) is 3.50. The van der Waals surface area contributed by atoms with Crippen LogP contribution in [0.2, 0.25) is 0 Å². The monoisotopic (exact) mass is 852 g/mol. The zero-order valence-electron chi connectivity index (χ0n) is 36.2. The number of aromatic nitrogens is 2. The normalized spacial score (nSPS) is 25.2. The summed E-state index contributed by atoms with van der Waals surface area (Å²) in [5.41, 5.74) is 1.29. The lowest BCUT2D eigenvalue weighted by atomic mass is 9.49. The van der Waals surface area contributed by atoms with Gasteiger partial charge in [-0.3, -0.25) is 39.2 Å². The Morgan fingerprint density at radius 3 is 2.38 bits per heavy atom. The molecule has 2 saturated carbocycles. The van der Waals surface area contributed by atoms with Gasteiger partial charge in [0, 0.05) is 79.6 Å². The Bertz CT molecular complexity index is 2540. The van der Waals surface area contributed by atoms with Gasteiger partial charge >= 0.3 is 0 Å². The van der Waals surface area contributed by atoms with E-state index >= 15 is 0 Å². The summed E-state index contributed by atoms with van der Waals surface area (Å²) < 4.78 is 12.9. The summed E-state index contributed by atoms with van der Waals surface area (Å²) in [5.74, 6) is 0.295. The standard InChI is InChI=1S/C48H52N8O7/c1-47(2)45(48(3,4)46(47)63-37-13-8-28(24-49)40-34(37)7-6-18-50-40)53-41(58)29-9-14-38(51-25-29)55-19-16-27(17-20-55)26-54(5)30-21-32(22-30)62-31-10-11-33-35(23-31)44(61)56(43(33)60)36-12-15-39(57)52-42(36)59/h6-11,13-14,18,23,25,27,30,32,36,45-46H,12,15-17,19-22,26H2,1-5H3,(H,53,58)(H,52,57,59)/t30-,32-,36?,45-,46-. The van der Waals surface area contributed by atoms with Crippen molar-refractivity contribution in [1.29, 1.82) is 5.26 Å². The van der Waals surface area contributed by atoms with E-state index in [1.165, 1.54) is 0 Å². The summed E-state index contributed by atoms with van der Waals surface area (Å²) >= 11 is 0. The van der Waals surface area contributed by atoms with Crippen LogP contribution in [0.25, 0.3) is 10.9 Å². The summed E-state index contributed by atoms with van der Waals surface area (Å²) in [5, 5.41) is 15.9. The number of ether oxygens (including phenoxy) is 2. The first kappa shape index (κ1) is 41.9. The highest BCUT2D eigenvalue weighted by Gasteiger charge is 2.64. The second kappa shape index (κ2) is 16.1. The van der Waals surface area contributed by atoms with Crippen molar-refractivity contribution < 1.29 is 33.4 Å². The molecule has 2 N–H and O–H groups in total. The predicted octanol–water partition coefficient (Wildman–Crippen LogP) is 5.27. The van der Waals surface area contributed by atoms with Gasteiger partial charge in [-0.05, 0) is 86.8 Å². The van der Waals surface area contributed by atoms with E-state index in [4.69, 9.17) is 14.5 Å². The lowest BCUT2D eigenvalue weighted by molar-refractivity contribution is -0.163. The highest BCUT2D eigenvalue weighted by molar-refractivity contribution is 6.23. The Hall–Kier alpha value is -6.40. The third-order valence-electron chi connectivity index (χ3n) is 14.1. The number of piperidine rings is 2. The van der Waals surface area contributed by atoms with Gasteiger partial charge in [0.15, 0.2) is 0 Å². The number of nitrogens with zero attached hydrogens (tertiary/aromatic N) is 6. The Kier molecular flexibility index (Phi) is 10.7. The first-order chi connectivity index (χ1) is 30.1. The lowest BCUT2D eigenvalue weighted by Gasteiger charge is -2.63. The minimum Gasteiger partial charge on any atom is -0.490 e. The molecular weight excluding hydrogens is 801 g/mol. The van der Waals surface area contributed by atoms with Crippen LogP contribution in [0.4, 0.5) is 5.82 Å². The average molecular weight is 853 g/mol. The van der Waals surface area contributed by atoms with Crippen LogP contribution < -0.4 is 25.0 Å². The van der Waals surface area contributed by atoms with Crippen LogP contribution in [0.5, 0.6) is 11.5 Å². The third-order valence-corrected chi connectivity index (χ3v) is 14.1. The molecule has 5 aliphatic rings. The van der Waals surface area contributed by atoms with E-state index in [1.807, 2.05) is 30.3 Å². The number of anilines is 1. The fraction of sp³-hybridized carbons (Fsp3) is 0.458. The number of benzene rings is 2. The largest absolute Gasteiger partial charge is 0.490 e. The molecule has 1 unspecified atom stereocenters. The van der Waals surface area contributed by atoms with Gasteiger partial charge in [-0.25, -0.2) is 4.98 Å². The Balaban J connectivity index is 0.722. The number of imide groups is 2. The van der Waals surface area contributed by atoms with Crippen molar-refractivity contribution in [3.05, 3.63) is 89.2 Å². The molecule has 2 aliphatic carbocycles. The minimum atomic E-state index is -1.00. The fourth-order valence-corrected chi connectivity index (χ4v) is 10.8. The summed E-state index contributed by atoms with van der Waals surface area (Å²) in [6.07, 6.45) is 7.07. The van der Waals surface area contributed by atoms with E-state index in [9.17, 15) is 29.2 Å². The first-order valence-electron chi connectivity index (χ1n) is 21.8. The second-order valence-corrected chi connectivity index (χ2v) is 19.0. The molecule has 9 rings (SSSR count). The van der Waals surface area contributed by atoms with E-state index in [0.29, 0.717) is 40.1 Å². The lowest BCUT2D eigenvalue weighted by Crippen LogP contribution is -2.74. The fourth-order valence-electron chi connectivity index (χ4n) is 10.8. The van der Waals surface area contributed by atoms with Crippen LogP contribution in [0.3, 0.4) is 0 Å². The number of hydrogen-bond acceptors (Lipinski definition) is 12. The number of amides is 5. The number of nitrogens with one attached hydrogen (secondary N) is 2. The molecule has 5 amide bonds. The topological polar surface area (TPSA) is 187 Å². The van der Waals surface area contributed by atoms with Gasteiger partial charge in [0.25, 0.3) is 17.7 Å². The van der Waals surface area contributed by atoms with Gasteiger partial charge in [0.2, 0.25) is 11.8 Å². The summed E-state index contributed by atoms with van der Waals surface area (Å²) in [7, 11) is 2.16. The number of carbonyl (C=O) groups excluding carboxylic acids is 5. The molecule has 0 bridgehead atoms. The number of pyridine rings is 2. The number of nitriles is 1. The minimum absolute atomic E-state index is 0.0105. The van der Waals surface area contributed by atoms with Crippen molar-refractivity contribution >= 4 is 46.3 Å². The number of hydrogen-bond donors (Lipinski definition) is 2. The van der Waals surface area contributed by atoms with E-state index < -0.39 is 29.7 Å². The molecule has 5 heterocycles. The van der Waals surface area contributed by atoms with Crippen molar-refractivity contribution in [2.75, 3.05) is 31.6 Å². The molecule has 63 heavy (non-hydrogen) atoms. The quantitative estimate of drug-likeness (QED) is 0.187. The second-order valence-electron chi connectivity index (χ2n) is 19.0. The summed E-state index contributed by atoms with van der Waals surface area (Å²) in [6, 6.07) is 17.4. The SMILES string of the molecule is CN(CC1CCN(c2ccc(C(=O)N[C@H]3C(C)(C)[C@H](Oc4ccc(C#N)c5ncccc45)C3(C)C)cn2)CC1)[C@H]1C[C@H](Oc2ccc3c(c2)C(=O)N(C2CCC(=O)NC2=O)C3=O)C1. The molecule has 1 atom stereocenters. The molecule has 15 nitrogen and oxygen atoms in total. The van der Waals surface area contributed by atoms with Crippen LogP contribution in [-0.2, 0) is 9.59 Å².